The van der Waals surface area contributed by atoms with Crippen LogP contribution in [0.4, 0.5) is 13.2 Å². The number of aromatic nitrogens is 1. The van der Waals surface area contributed by atoms with Crippen molar-refractivity contribution in [3.63, 3.8) is 0 Å². The average molecular weight is 257 g/mol. The molecule has 0 saturated carbocycles. The Labute approximate surface area is 101 Å². The molecule has 1 unspecified atom stereocenters. The number of nitrogens with one attached hydrogen (secondary N) is 1. The van der Waals surface area contributed by atoms with Crippen LogP contribution in [0, 0.1) is 0 Å². The first-order chi connectivity index (χ1) is 8.52. The van der Waals surface area contributed by atoms with Crippen molar-refractivity contribution in [2.45, 2.75) is 12.2 Å². The van der Waals surface area contributed by atoms with Crippen LogP contribution in [-0.4, -0.2) is 4.98 Å². The van der Waals surface area contributed by atoms with Crippen molar-refractivity contribution in [1.29, 1.82) is 0 Å². The van der Waals surface area contributed by atoms with E-state index in [-0.39, 0.29) is 0 Å². The summed E-state index contributed by atoms with van der Waals surface area (Å²) in [6.45, 7) is 0. The Morgan fingerprint density at radius 1 is 1.28 bits per heavy atom. The highest BCUT2D eigenvalue weighted by Gasteiger charge is 2.31. The van der Waals surface area contributed by atoms with Crippen molar-refractivity contribution in [2.75, 3.05) is 0 Å². The molecule has 2 rings (SSSR count). The molecule has 0 spiro atoms. The third kappa shape index (κ3) is 2.52. The molecule has 18 heavy (non-hydrogen) atoms. The molecular formula is C11H10F3N3O. The van der Waals surface area contributed by atoms with Crippen LogP contribution in [0.25, 0.3) is 0 Å². The van der Waals surface area contributed by atoms with Gasteiger partial charge in [0.2, 0.25) is 0 Å². The summed E-state index contributed by atoms with van der Waals surface area (Å²) >= 11 is 0. The molecule has 0 bridgehead atoms. The lowest BCUT2D eigenvalue weighted by Crippen LogP contribution is -2.29. The van der Waals surface area contributed by atoms with Crippen LogP contribution in [0.3, 0.4) is 0 Å². The number of nitrogens with two attached hydrogens (primary N) is 1. The summed E-state index contributed by atoms with van der Waals surface area (Å²) in [6.07, 6.45) is -2.19. The lowest BCUT2D eigenvalue weighted by molar-refractivity contribution is -0.137. The molecular weight excluding hydrogens is 247 g/mol. The fourth-order valence-corrected chi connectivity index (χ4v) is 1.51. The van der Waals surface area contributed by atoms with Gasteiger partial charge in [-0.15, -0.1) is 0 Å². The minimum absolute atomic E-state index is 0.348. The number of hydrogen-bond donors (Lipinski definition) is 2. The quantitative estimate of drug-likeness (QED) is 0.653. The number of nitrogens with zero attached hydrogens (tertiary/aromatic N) is 1. The van der Waals surface area contributed by atoms with E-state index in [1.807, 2.05) is 0 Å². The van der Waals surface area contributed by atoms with Gasteiger partial charge in [-0.1, -0.05) is 0 Å². The van der Waals surface area contributed by atoms with Crippen molar-refractivity contribution in [3.8, 4) is 0 Å². The highest BCUT2D eigenvalue weighted by Crippen LogP contribution is 2.29. The summed E-state index contributed by atoms with van der Waals surface area (Å²) in [5, 5.41) is 0. The zero-order chi connectivity index (χ0) is 13.2. The van der Waals surface area contributed by atoms with Gasteiger partial charge < -0.3 is 4.42 Å². The largest absolute Gasteiger partial charge is 0.467 e. The standard InChI is InChI=1S/C11H10F3N3O/c12-11(13,14)7-3-4-8(16-6-7)10(17-15)9-2-1-5-18-9/h1-6,10,17H,15H2. The molecule has 0 aromatic carbocycles. The smallest absolute Gasteiger partial charge is 0.417 e. The second kappa shape index (κ2) is 4.79. The maximum Gasteiger partial charge on any atom is 0.417 e. The van der Waals surface area contributed by atoms with Crippen LogP contribution in [0.15, 0.2) is 41.1 Å². The average Bonchev–Trinajstić information content (AvgIpc) is 2.83. The number of pyridine rings is 1. The highest BCUT2D eigenvalue weighted by molar-refractivity contribution is 5.23. The van der Waals surface area contributed by atoms with E-state index in [0.29, 0.717) is 11.5 Å². The van der Waals surface area contributed by atoms with Crippen molar-refractivity contribution >= 4 is 0 Å². The molecule has 1 atom stereocenters. The van der Waals surface area contributed by atoms with Gasteiger partial charge in [0, 0.05) is 6.20 Å². The summed E-state index contributed by atoms with van der Waals surface area (Å²) in [5.41, 5.74) is 1.98. The van der Waals surface area contributed by atoms with E-state index in [0.717, 1.165) is 12.3 Å². The molecule has 3 N–H and O–H groups in total. The first-order valence-corrected chi connectivity index (χ1v) is 5.05. The van der Waals surface area contributed by atoms with Gasteiger partial charge in [0.05, 0.1) is 17.5 Å². The fraction of sp³-hybridized carbons (Fsp3) is 0.182. The zero-order valence-electron chi connectivity index (χ0n) is 9.11. The Bertz CT molecular complexity index is 493. The van der Waals surface area contributed by atoms with E-state index in [1.54, 1.807) is 12.1 Å². The molecule has 96 valence electrons. The van der Waals surface area contributed by atoms with Crippen LogP contribution in [0.1, 0.15) is 23.1 Å². The van der Waals surface area contributed by atoms with Gasteiger partial charge in [-0.05, 0) is 24.3 Å². The Morgan fingerprint density at radius 2 is 2.06 bits per heavy atom. The second-order valence-corrected chi connectivity index (χ2v) is 3.58. The van der Waals surface area contributed by atoms with Crippen LogP contribution >= 0.6 is 0 Å². The number of furan rings is 1. The predicted octanol–water partition coefficient (Wildman–Crippen LogP) is 2.25. The van der Waals surface area contributed by atoms with Gasteiger partial charge in [0.15, 0.2) is 0 Å². The van der Waals surface area contributed by atoms with Crippen molar-refractivity contribution in [2.24, 2.45) is 5.84 Å². The first-order valence-electron chi connectivity index (χ1n) is 5.05. The van der Waals surface area contributed by atoms with E-state index in [1.165, 1.54) is 12.3 Å². The van der Waals surface area contributed by atoms with Crippen molar-refractivity contribution in [1.82, 2.24) is 10.4 Å². The summed E-state index contributed by atoms with van der Waals surface area (Å²) in [5.74, 6) is 5.82. The van der Waals surface area contributed by atoms with Gasteiger partial charge in [-0.3, -0.25) is 10.8 Å². The molecule has 2 aromatic heterocycles. The molecule has 2 aromatic rings. The van der Waals surface area contributed by atoms with Crippen LogP contribution < -0.4 is 11.3 Å². The van der Waals surface area contributed by atoms with Crippen LogP contribution in [0.5, 0.6) is 0 Å². The molecule has 0 saturated heterocycles. The summed E-state index contributed by atoms with van der Waals surface area (Å²) in [4.78, 5) is 3.75. The third-order valence-electron chi connectivity index (χ3n) is 2.40. The summed E-state index contributed by atoms with van der Waals surface area (Å²) < 4.78 is 42.3. The molecule has 0 radical (unpaired) electrons. The summed E-state index contributed by atoms with van der Waals surface area (Å²) in [7, 11) is 0. The van der Waals surface area contributed by atoms with Gasteiger partial charge in [-0.25, -0.2) is 5.43 Å². The lowest BCUT2D eigenvalue weighted by atomic mass is 10.1. The molecule has 0 aliphatic rings. The fourth-order valence-electron chi connectivity index (χ4n) is 1.51. The van der Waals surface area contributed by atoms with E-state index >= 15 is 0 Å². The number of halogens is 3. The highest BCUT2D eigenvalue weighted by atomic mass is 19.4. The van der Waals surface area contributed by atoms with Gasteiger partial charge in [0.25, 0.3) is 0 Å². The van der Waals surface area contributed by atoms with E-state index in [9.17, 15) is 13.2 Å². The van der Waals surface area contributed by atoms with Gasteiger partial charge >= 0.3 is 6.18 Å². The van der Waals surface area contributed by atoms with Crippen LogP contribution in [0.2, 0.25) is 0 Å². The predicted molar refractivity (Wildman–Crippen MR) is 57.1 cm³/mol. The number of alkyl halides is 3. The normalized spacial score (nSPS) is 13.6. The van der Waals surface area contributed by atoms with Crippen molar-refractivity contribution < 1.29 is 17.6 Å². The lowest BCUT2D eigenvalue weighted by Gasteiger charge is -2.13. The monoisotopic (exact) mass is 257 g/mol. The van der Waals surface area contributed by atoms with Gasteiger partial charge in [0.1, 0.15) is 11.8 Å². The van der Waals surface area contributed by atoms with Crippen molar-refractivity contribution in [3.05, 3.63) is 53.7 Å². The third-order valence-corrected chi connectivity index (χ3v) is 2.40. The minimum Gasteiger partial charge on any atom is -0.467 e. The Hall–Kier alpha value is -1.86. The molecule has 7 heteroatoms. The molecule has 4 nitrogen and oxygen atoms in total. The maximum atomic E-state index is 12.4. The van der Waals surface area contributed by atoms with Gasteiger partial charge in [-0.2, -0.15) is 13.2 Å². The van der Waals surface area contributed by atoms with E-state index < -0.39 is 17.8 Å². The Balaban J connectivity index is 2.28. The Kier molecular flexibility index (Phi) is 3.35. The zero-order valence-corrected chi connectivity index (χ0v) is 9.11. The molecule has 2 heterocycles. The SMILES string of the molecule is NNC(c1ccc(C(F)(F)F)cn1)c1ccco1. The minimum atomic E-state index is -4.40. The number of rotatable bonds is 3. The topological polar surface area (TPSA) is 64.1 Å². The number of hydrogen-bond acceptors (Lipinski definition) is 4. The first kappa shape index (κ1) is 12.6. The number of hydrazine groups is 1. The maximum absolute atomic E-state index is 12.4. The molecule has 0 amide bonds. The second-order valence-electron chi connectivity index (χ2n) is 3.58. The van der Waals surface area contributed by atoms with Crippen LogP contribution in [-0.2, 0) is 6.18 Å². The van der Waals surface area contributed by atoms with E-state index in [4.69, 9.17) is 10.3 Å². The molecule has 0 aliphatic carbocycles. The molecule has 0 fully saturated rings. The molecule has 0 aliphatic heterocycles. The summed E-state index contributed by atoms with van der Waals surface area (Å²) in [6, 6.07) is 4.95. The van der Waals surface area contributed by atoms with E-state index in [2.05, 4.69) is 10.4 Å². The Morgan fingerprint density at radius 3 is 2.50 bits per heavy atom.